The summed E-state index contributed by atoms with van der Waals surface area (Å²) in [5, 5.41) is 8.15. The van der Waals surface area contributed by atoms with E-state index in [4.69, 9.17) is 0 Å². The maximum absolute atomic E-state index is 4.01. The lowest BCUT2D eigenvalue weighted by atomic mass is 9.81. The normalized spacial score (nSPS) is 15.6. The number of hydrogen-bond donors (Lipinski definition) is 0. The highest BCUT2D eigenvalue weighted by Gasteiger charge is 2.18. The Morgan fingerprint density at radius 2 is 1.50 bits per heavy atom. The second kappa shape index (κ2) is 7.91. The molecule has 0 saturated carbocycles. The Kier molecular flexibility index (Phi) is 4.96. The molecule has 0 saturated heterocycles. The third-order valence-corrected chi connectivity index (χ3v) is 6.57. The third kappa shape index (κ3) is 3.35. The van der Waals surface area contributed by atoms with E-state index in [1.165, 1.54) is 57.1 Å². The summed E-state index contributed by atoms with van der Waals surface area (Å²) in [6.07, 6.45) is 7.59. The monoisotopic (exact) mass is 389 g/mol. The van der Waals surface area contributed by atoms with E-state index in [0.717, 1.165) is 5.92 Å². The van der Waals surface area contributed by atoms with Crippen LogP contribution in [0.1, 0.15) is 42.4 Å². The molecule has 0 aliphatic heterocycles. The molecule has 0 N–H and O–H groups in total. The molecule has 4 aromatic carbocycles. The summed E-state index contributed by atoms with van der Waals surface area (Å²) in [6.45, 7) is 4.57. The van der Waals surface area contributed by atoms with Crippen LogP contribution in [-0.4, -0.2) is 4.98 Å². The number of rotatable bonds is 0. The lowest BCUT2D eigenvalue weighted by Crippen LogP contribution is -2.07. The predicted molar refractivity (Wildman–Crippen MR) is 129 cm³/mol. The summed E-state index contributed by atoms with van der Waals surface area (Å²) >= 11 is 0. The van der Waals surface area contributed by atoms with Crippen molar-refractivity contribution in [3.05, 3.63) is 102 Å². The van der Waals surface area contributed by atoms with Crippen LogP contribution < -0.4 is 0 Å². The zero-order chi connectivity index (χ0) is 20.5. The van der Waals surface area contributed by atoms with Crippen LogP contribution in [0.4, 0.5) is 0 Å². The van der Waals surface area contributed by atoms with E-state index in [1.807, 2.05) is 30.6 Å². The summed E-state index contributed by atoms with van der Waals surface area (Å²) in [6, 6.07) is 26.2. The maximum atomic E-state index is 4.01. The minimum Gasteiger partial charge on any atom is -0.264 e. The van der Waals surface area contributed by atoms with E-state index < -0.39 is 0 Å². The Morgan fingerprint density at radius 1 is 0.733 bits per heavy atom. The first kappa shape index (κ1) is 18.8. The average Bonchev–Trinajstić information content (AvgIpc) is 2.80. The molecule has 5 aromatic rings. The van der Waals surface area contributed by atoms with Gasteiger partial charge in [-0.05, 0) is 87.2 Å². The second-order valence-electron chi connectivity index (χ2n) is 8.48. The number of pyridine rings is 1. The molecule has 30 heavy (non-hydrogen) atoms. The first-order valence-electron chi connectivity index (χ1n) is 10.9. The van der Waals surface area contributed by atoms with Crippen molar-refractivity contribution in [1.29, 1.82) is 0 Å². The third-order valence-electron chi connectivity index (χ3n) is 6.57. The lowest BCUT2D eigenvalue weighted by Gasteiger charge is -2.24. The molecule has 1 aromatic heterocycles. The van der Waals surface area contributed by atoms with Gasteiger partial charge in [-0.1, -0.05) is 73.7 Å². The van der Waals surface area contributed by atoms with Gasteiger partial charge in [-0.2, -0.15) is 0 Å². The van der Waals surface area contributed by atoms with Crippen LogP contribution in [0.25, 0.3) is 32.3 Å². The van der Waals surface area contributed by atoms with Gasteiger partial charge in [-0.3, -0.25) is 4.98 Å². The quantitative estimate of drug-likeness (QED) is 0.245. The molecule has 0 bridgehead atoms. The molecule has 148 valence electrons. The van der Waals surface area contributed by atoms with Crippen molar-refractivity contribution in [2.24, 2.45) is 0 Å². The van der Waals surface area contributed by atoms with Crippen LogP contribution >= 0.6 is 0 Å². The first-order valence-corrected chi connectivity index (χ1v) is 10.9. The molecule has 1 nitrogen and oxygen atoms in total. The van der Waals surface area contributed by atoms with Crippen molar-refractivity contribution in [3.63, 3.8) is 0 Å². The van der Waals surface area contributed by atoms with E-state index in [9.17, 15) is 0 Å². The smallest absolute Gasteiger partial charge is 0.0346 e. The molecule has 0 fully saturated rings. The number of nitrogens with zero attached hydrogens (tertiary/aromatic N) is 1. The SMILES string of the molecule is Cc1cccc2c1ccc1c3c(ccc12)C(C)CCC3.c1ccc2cnccc2c1. The molecule has 1 heteroatoms. The van der Waals surface area contributed by atoms with E-state index in [-0.39, 0.29) is 0 Å². The van der Waals surface area contributed by atoms with Crippen LogP contribution in [-0.2, 0) is 6.42 Å². The maximum Gasteiger partial charge on any atom is 0.0346 e. The molecule has 1 aliphatic rings. The van der Waals surface area contributed by atoms with E-state index in [1.54, 1.807) is 11.1 Å². The summed E-state index contributed by atoms with van der Waals surface area (Å²) in [5.74, 6) is 0.719. The van der Waals surface area contributed by atoms with E-state index in [0.29, 0.717) is 0 Å². The highest BCUT2D eigenvalue weighted by molar-refractivity contribution is 6.09. The van der Waals surface area contributed by atoms with Gasteiger partial charge in [0.15, 0.2) is 0 Å². The van der Waals surface area contributed by atoms with Gasteiger partial charge in [0.25, 0.3) is 0 Å². The summed E-state index contributed by atoms with van der Waals surface area (Å²) in [7, 11) is 0. The number of aryl methyl sites for hydroxylation is 2. The zero-order valence-corrected chi connectivity index (χ0v) is 17.7. The van der Waals surface area contributed by atoms with Gasteiger partial charge in [-0.25, -0.2) is 0 Å². The van der Waals surface area contributed by atoms with Gasteiger partial charge < -0.3 is 0 Å². The molecule has 1 heterocycles. The van der Waals surface area contributed by atoms with Crippen LogP contribution in [0, 0.1) is 6.92 Å². The summed E-state index contributed by atoms with van der Waals surface area (Å²) < 4.78 is 0. The molecule has 6 rings (SSSR count). The summed E-state index contributed by atoms with van der Waals surface area (Å²) in [4.78, 5) is 4.01. The average molecular weight is 390 g/mol. The van der Waals surface area contributed by atoms with Crippen molar-refractivity contribution in [2.75, 3.05) is 0 Å². The van der Waals surface area contributed by atoms with Gasteiger partial charge >= 0.3 is 0 Å². The highest BCUT2D eigenvalue weighted by Crippen LogP contribution is 2.38. The topological polar surface area (TPSA) is 12.9 Å². The second-order valence-corrected chi connectivity index (χ2v) is 8.48. The highest BCUT2D eigenvalue weighted by atomic mass is 14.6. The van der Waals surface area contributed by atoms with Crippen LogP contribution in [0.15, 0.2) is 85.2 Å². The molecule has 0 spiro atoms. The molecule has 0 amide bonds. The van der Waals surface area contributed by atoms with Gasteiger partial charge in [0.2, 0.25) is 0 Å². The molecule has 1 aliphatic carbocycles. The van der Waals surface area contributed by atoms with Crippen LogP contribution in [0.5, 0.6) is 0 Å². The number of benzene rings is 4. The fourth-order valence-corrected chi connectivity index (χ4v) is 4.92. The van der Waals surface area contributed by atoms with E-state index >= 15 is 0 Å². The molecule has 1 atom stereocenters. The van der Waals surface area contributed by atoms with Crippen molar-refractivity contribution < 1.29 is 0 Å². The van der Waals surface area contributed by atoms with Crippen molar-refractivity contribution in [1.82, 2.24) is 4.98 Å². The standard InChI is InChI=1S/C20H20.C9H7N/c1-13-5-3-7-17-15(13)9-11-20-18-8-4-6-14(2)16(18)10-12-19(17)20;1-2-4-9-7-10-6-5-8(9)3-1/h3,5,7,9-12,14H,4,6,8H2,1-2H3;1-7H. The lowest BCUT2D eigenvalue weighted by molar-refractivity contribution is 0.593. The van der Waals surface area contributed by atoms with Gasteiger partial charge in [0, 0.05) is 12.4 Å². The fraction of sp³-hybridized carbons (Fsp3) is 0.207. The zero-order valence-electron chi connectivity index (χ0n) is 17.7. The van der Waals surface area contributed by atoms with Gasteiger partial charge in [0.1, 0.15) is 0 Å². The number of hydrogen-bond acceptors (Lipinski definition) is 1. The Hall–Kier alpha value is -3.19. The van der Waals surface area contributed by atoms with Gasteiger partial charge in [0.05, 0.1) is 0 Å². The largest absolute Gasteiger partial charge is 0.264 e. The molecular weight excluding hydrogens is 362 g/mol. The Bertz CT molecular complexity index is 1280. The minimum atomic E-state index is 0.719. The Morgan fingerprint density at radius 3 is 2.37 bits per heavy atom. The number of aromatic nitrogens is 1. The van der Waals surface area contributed by atoms with Crippen molar-refractivity contribution in [2.45, 2.75) is 39.0 Å². The summed E-state index contributed by atoms with van der Waals surface area (Å²) in [5.41, 5.74) is 4.55. The van der Waals surface area contributed by atoms with E-state index in [2.05, 4.69) is 73.4 Å². The van der Waals surface area contributed by atoms with Crippen LogP contribution in [0.2, 0.25) is 0 Å². The van der Waals surface area contributed by atoms with Crippen LogP contribution in [0.3, 0.4) is 0 Å². The fourth-order valence-electron chi connectivity index (χ4n) is 4.92. The Balaban J connectivity index is 0.000000161. The van der Waals surface area contributed by atoms with Crippen molar-refractivity contribution >= 4 is 32.3 Å². The van der Waals surface area contributed by atoms with Gasteiger partial charge in [-0.15, -0.1) is 0 Å². The molecular formula is C29H27N. The molecule has 1 unspecified atom stereocenters. The Labute approximate surface area is 178 Å². The van der Waals surface area contributed by atoms with Crippen molar-refractivity contribution in [3.8, 4) is 0 Å². The minimum absolute atomic E-state index is 0.719. The predicted octanol–water partition coefficient (Wildman–Crippen LogP) is 7.98. The molecule has 0 radical (unpaired) electrons. The number of fused-ring (bicyclic) bond motifs is 6. The first-order chi connectivity index (χ1) is 14.7.